The van der Waals surface area contributed by atoms with E-state index in [1.165, 1.54) is 0 Å². The molecule has 0 fully saturated rings. The van der Waals surface area contributed by atoms with Crippen molar-refractivity contribution in [1.82, 2.24) is 0 Å². The predicted molar refractivity (Wildman–Crippen MR) is 70.1 cm³/mol. The Labute approximate surface area is 111 Å². The van der Waals surface area contributed by atoms with Crippen LogP contribution in [0.15, 0.2) is 66.1 Å². The molecule has 0 amide bonds. The summed E-state index contributed by atoms with van der Waals surface area (Å²) in [6, 6.07) is 13.0. The van der Waals surface area contributed by atoms with Gasteiger partial charge < -0.3 is 4.18 Å². The summed E-state index contributed by atoms with van der Waals surface area (Å²) < 4.78 is 41.5. The van der Waals surface area contributed by atoms with Gasteiger partial charge in [0.05, 0.1) is 0 Å². The smallest absolute Gasteiger partial charge is 0.339 e. The van der Waals surface area contributed by atoms with Crippen LogP contribution in [0, 0.1) is 5.82 Å². The largest absolute Gasteiger partial charge is 0.379 e. The first-order valence-electron chi connectivity index (χ1n) is 5.43. The van der Waals surface area contributed by atoms with Gasteiger partial charge in [0, 0.05) is 5.56 Å². The van der Waals surface area contributed by atoms with Gasteiger partial charge in [-0.1, -0.05) is 36.9 Å². The van der Waals surface area contributed by atoms with E-state index in [4.69, 9.17) is 4.18 Å². The summed E-state index contributed by atoms with van der Waals surface area (Å²) in [5.41, 5.74) is 0.563. The van der Waals surface area contributed by atoms with Gasteiger partial charge in [-0.2, -0.15) is 8.42 Å². The van der Waals surface area contributed by atoms with Crippen LogP contribution >= 0.6 is 0 Å². The zero-order valence-corrected chi connectivity index (χ0v) is 10.7. The molecule has 0 aliphatic carbocycles. The molecular formula is C14H11FO3S. The molecule has 2 aromatic rings. The van der Waals surface area contributed by atoms with E-state index in [1.54, 1.807) is 30.3 Å². The maximum Gasteiger partial charge on any atom is 0.339 e. The Kier molecular flexibility index (Phi) is 3.66. The monoisotopic (exact) mass is 278 g/mol. The molecule has 0 aliphatic heterocycles. The van der Waals surface area contributed by atoms with E-state index in [1.807, 2.05) is 0 Å². The first-order valence-corrected chi connectivity index (χ1v) is 6.84. The van der Waals surface area contributed by atoms with E-state index in [9.17, 15) is 12.8 Å². The Morgan fingerprint density at radius 2 is 1.58 bits per heavy atom. The molecular weight excluding hydrogens is 267 g/mol. The maximum atomic E-state index is 12.7. The molecule has 5 heteroatoms. The summed E-state index contributed by atoms with van der Waals surface area (Å²) in [5, 5.41) is 0. The summed E-state index contributed by atoms with van der Waals surface area (Å²) in [6.07, 6.45) is 0. The lowest BCUT2D eigenvalue weighted by atomic mass is 10.2. The number of rotatable bonds is 4. The van der Waals surface area contributed by atoms with E-state index < -0.39 is 15.9 Å². The highest BCUT2D eigenvalue weighted by Crippen LogP contribution is 2.21. The first kappa shape index (κ1) is 13.3. The van der Waals surface area contributed by atoms with E-state index in [0.29, 0.717) is 5.56 Å². The minimum absolute atomic E-state index is 0.0184. The van der Waals surface area contributed by atoms with E-state index >= 15 is 0 Å². The summed E-state index contributed by atoms with van der Waals surface area (Å²) in [7, 11) is -3.99. The molecule has 19 heavy (non-hydrogen) atoms. The average Bonchev–Trinajstić information content (AvgIpc) is 2.40. The van der Waals surface area contributed by atoms with Gasteiger partial charge in [-0.05, 0) is 24.3 Å². The maximum absolute atomic E-state index is 12.7. The van der Waals surface area contributed by atoms with Crippen LogP contribution in [0.25, 0.3) is 5.76 Å². The van der Waals surface area contributed by atoms with Crippen molar-refractivity contribution >= 4 is 15.9 Å². The standard InChI is InChI=1S/C14H11FO3S/c1-11(12-5-3-2-4-6-12)18-19(16,17)14-9-7-13(15)8-10-14/h2-10H,1H2. The normalized spacial score (nSPS) is 11.0. The molecule has 0 spiro atoms. The van der Waals surface area contributed by atoms with E-state index in [2.05, 4.69) is 6.58 Å². The summed E-state index contributed by atoms with van der Waals surface area (Å²) >= 11 is 0. The van der Waals surface area contributed by atoms with Crippen LogP contribution < -0.4 is 0 Å². The van der Waals surface area contributed by atoms with Crippen molar-refractivity contribution < 1.29 is 17.0 Å². The van der Waals surface area contributed by atoms with Crippen LogP contribution in [0.1, 0.15) is 5.56 Å². The predicted octanol–water partition coefficient (Wildman–Crippen LogP) is 3.20. The van der Waals surface area contributed by atoms with Crippen molar-refractivity contribution in [3.8, 4) is 0 Å². The second-order valence-electron chi connectivity index (χ2n) is 3.78. The van der Waals surface area contributed by atoms with Crippen LogP contribution in [0.3, 0.4) is 0 Å². The Morgan fingerprint density at radius 1 is 1.00 bits per heavy atom. The molecule has 0 saturated carbocycles. The van der Waals surface area contributed by atoms with Gasteiger partial charge in [0.25, 0.3) is 0 Å². The molecule has 0 atom stereocenters. The molecule has 0 heterocycles. The molecule has 98 valence electrons. The molecule has 0 unspecified atom stereocenters. The van der Waals surface area contributed by atoms with Crippen molar-refractivity contribution in [2.75, 3.05) is 0 Å². The minimum Gasteiger partial charge on any atom is -0.379 e. The van der Waals surface area contributed by atoms with Gasteiger partial charge in [0.1, 0.15) is 16.5 Å². The van der Waals surface area contributed by atoms with Gasteiger partial charge in [0.15, 0.2) is 0 Å². The molecule has 0 saturated heterocycles. The SMILES string of the molecule is C=C(OS(=O)(=O)c1ccc(F)cc1)c1ccccc1. The molecule has 2 rings (SSSR count). The summed E-state index contributed by atoms with van der Waals surface area (Å²) in [5.74, 6) is -0.495. The highest BCUT2D eigenvalue weighted by atomic mass is 32.2. The molecule has 0 aromatic heterocycles. The van der Waals surface area contributed by atoms with Crippen molar-refractivity contribution in [3.63, 3.8) is 0 Å². The molecule has 0 aliphatic rings. The summed E-state index contributed by atoms with van der Waals surface area (Å²) in [6.45, 7) is 3.58. The molecule has 0 radical (unpaired) electrons. The lowest BCUT2D eigenvalue weighted by Crippen LogP contribution is -2.05. The first-order chi connectivity index (χ1) is 8.99. The topological polar surface area (TPSA) is 43.4 Å². The van der Waals surface area contributed by atoms with Crippen LogP contribution in [0.4, 0.5) is 4.39 Å². The van der Waals surface area contributed by atoms with Gasteiger partial charge in [-0.3, -0.25) is 0 Å². The Hall–Kier alpha value is -2.14. The number of benzene rings is 2. The zero-order chi connectivity index (χ0) is 13.9. The molecule has 0 N–H and O–H groups in total. The number of hydrogen-bond donors (Lipinski definition) is 0. The lowest BCUT2D eigenvalue weighted by molar-refractivity contribution is 0.464. The third-order valence-electron chi connectivity index (χ3n) is 2.41. The van der Waals surface area contributed by atoms with Crippen molar-refractivity contribution in [2.24, 2.45) is 0 Å². The fourth-order valence-electron chi connectivity index (χ4n) is 1.45. The van der Waals surface area contributed by atoms with E-state index in [-0.39, 0.29) is 10.7 Å². The highest BCUT2D eigenvalue weighted by molar-refractivity contribution is 7.87. The highest BCUT2D eigenvalue weighted by Gasteiger charge is 2.17. The summed E-state index contributed by atoms with van der Waals surface area (Å²) in [4.78, 5) is -0.119. The van der Waals surface area contributed by atoms with Gasteiger partial charge >= 0.3 is 10.1 Å². The van der Waals surface area contributed by atoms with Gasteiger partial charge in [-0.25, -0.2) is 4.39 Å². The van der Waals surface area contributed by atoms with E-state index in [0.717, 1.165) is 24.3 Å². The third kappa shape index (κ3) is 3.20. The second kappa shape index (κ2) is 5.24. The van der Waals surface area contributed by atoms with Gasteiger partial charge in [0.2, 0.25) is 0 Å². The van der Waals surface area contributed by atoms with Crippen LogP contribution in [-0.4, -0.2) is 8.42 Å². The zero-order valence-electron chi connectivity index (χ0n) is 9.91. The van der Waals surface area contributed by atoms with Crippen molar-refractivity contribution in [3.05, 3.63) is 72.6 Å². The second-order valence-corrected chi connectivity index (χ2v) is 5.33. The molecule has 0 bridgehead atoms. The molecule has 3 nitrogen and oxygen atoms in total. The Morgan fingerprint density at radius 3 is 2.16 bits per heavy atom. The van der Waals surface area contributed by atoms with Crippen LogP contribution in [-0.2, 0) is 14.3 Å². The average molecular weight is 278 g/mol. The number of halogens is 1. The quantitative estimate of drug-likeness (QED) is 0.637. The van der Waals surface area contributed by atoms with Crippen LogP contribution in [0.5, 0.6) is 0 Å². The Balaban J connectivity index is 2.23. The van der Waals surface area contributed by atoms with Crippen LogP contribution in [0.2, 0.25) is 0 Å². The third-order valence-corrected chi connectivity index (χ3v) is 3.68. The minimum atomic E-state index is -3.99. The lowest BCUT2D eigenvalue weighted by Gasteiger charge is -2.09. The van der Waals surface area contributed by atoms with Crippen molar-refractivity contribution in [1.29, 1.82) is 0 Å². The Bertz CT molecular complexity index is 676. The fourth-order valence-corrected chi connectivity index (χ4v) is 2.38. The van der Waals surface area contributed by atoms with Gasteiger partial charge in [-0.15, -0.1) is 0 Å². The van der Waals surface area contributed by atoms with Crippen molar-refractivity contribution in [2.45, 2.75) is 4.90 Å². The fraction of sp³-hybridized carbons (Fsp3) is 0. The number of hydrogen-bond acceptors (Lipinski definition) is 3. The molecule has 2 aromatic carbocycles.